The van der Waals surface area contributed by atoms with Crippen molar-refractivity contribution in [1.82, 2.24) is 5.32 Å². The van der Waals surface area contributed by atoms with Crippen LogP contribution in [0.1, 0.15) is 44.2 Å². The van der Waals surface area contributed by atoms with Crippen LogP contribution in [-0.2, 0) is 4.74 Å². The minimum absolute atomic E-state index is 0.431. The number of hydrogen-bond donors (Lipinski definition) is 1. The normalized spacial score (nSPS) is 17.8. The molecule has 2 rings (SSSR count). The van der Waals surface area contributed by atoms with Gasteiger partial charge in [-0.05, 0) is 48.8 Å². The topological polar surface area (TPSA) is 30.5 Å². The Balaban J connectivity index is 1.88. The van der Waals surface area contributed by atoms with Crippen molar-refractivity contribution in [1.29, 1.82) is 0 Å². The fourth-order valence-corrected chi connectivity index (χ4v) is 2.68. The van der Waals surface area contributed by atoms with Gasteiger partial charge in [-0.1, -0.05) is 19.1 Å². The summed E-state index contributed by atoms with van der Waals surface area (Å²) in [4.78, 5) is 0. The number of nitrogens with one attached hydrogen (secondary N) is 1. The van der Waals surface area contributed by atoms with E-state index in [0.29, 0.717) is 11.5 Å². The first-order valence-corrected chi connectivity index (χ1v) is 7.59. The van der Waals surface area contributed by atoms with E-state index in [4.69, 9.17) is 9.47 Å². The average Bonchev–Trinajstić information content (AvgIpc) is 3.27. The molecule has 0 heterocycles. The molecular formula is C17H27NO2. The molecule has 1 atom stereocenters. The molecule has 0 radical (unpaired) electrons. The van der Waals surface area contributed by atoms with E-state index in [1.54, 1.807) is 14.2 Å². The lowest BCUT2D eigenvalue weighted by Crippen LogP contribution is -2.28. The van der Waals surface area contributed by atoms with Gasteiger partial charge in [-0.2, -0.15) is 0 Å². The molecule has 1 aromatic rings. The van der Waals surface area contributed by atoms with Gasteiger partial charge in [-0.25, -0.2) is 0 Å². The number of rotatable bonds is 9. The van der Waals surface area contributed by atoms with E-state index in [1.165, 1.54) is 24.8 Å². The van der Waals surface area contributed by atoms with Gasteiger partial charge in [0.15, 0.2) is 0 Å². The lowest BCUT2D eigenvalue weighted by molar-refractivity contribution is 0.170. The van der Waals surface area contributed by atoms with Gasteiger partial charge in [0.1, 0.15) is 5.75 Å². The van der Waals surface area contributed by atoms with E-state index in [1.807, 2.05) is 12.1 Å². The number of benzene rings is 1. The Hall–Kier alpha value is -1.06. The highest BCUT2D eigenvalue weighted by molar-refractivity contribution is 5.29. The van der Waals surface area contributed by atoms with Crippen molar-refractivity contribution in [3.05, 3.63) is 29.8 Å². The highest BCUT2D eigenvalue weighted by Crippen LogP contribution is 2.48. The third-order valence-electron chi connectivity index (χ3n) is 4.44. The van der Waals surface area contributed by atoms with E-state index in [0.717, 1.165) is 25.3 Å². The molecular weight excluding hydrogens is 250 g/mol. The highest BCUT2D eigenvalue weighted by atomic mass is 16.5. The quantitative estimate of drug-likeness (QED) is 0.748. The first kappa shape index (κ1) is 15.3. The molecule has 0 bridgehead atoms. The van der Waals surface area contributed by atoms with Crippen LogP contribution >= 0.6 is 0 Å². The first-order valence-electron chi connectivity index (χ1n) is 7.59. The molecule has 1 fully saturated rings. The molecule has 1 aromatic carbocycles. The second-order valence-electron chi connectivity index (χ2n) is 5.86. The zero-order valence-corrected chi connectivity index (χ0v) is 12.9. The van der Waals surface area contributed by atoms with Crippen LogP contribution in [0.4, 0.5) is 0 Å². The minimum Gasteiger partial charge on any atom is -0.497 e. The third kappa shape index (κ3) is 3.97. The maximum absolute atomic E-state index is 5.22. The molecule has 1 aliphatic rings. The maximum atomic E-state index is 5.22. The summed E-state index contributed by atoms with van der Waals surface area (Å²) < 4.78 is 10.4. The van der Waals surface area contributed by atoms with E-state index in [-0.39, 0.29) is 0 Å². The van der Waals surface area contributed by atoms with E-state index >= 15 is 0 Å². The molecule has 1 aliphatic carbocycles. The molecule has 1 unspecified atom stereocenters. The Bertz CT molecular complexity index is 398. The molecule has 112 valence electrons. The summed E-state index contributed by atoms with van der Waals surface area (Å²) in [5, 5.41) is 3.74. The molecule has 0 spiro atoms. The molecule has 3 heteroatoms. The molecule has 1 N–H and O–H groups in total. The summed E-state index contributed by atoms with van der Waals surface area (Å²) in [6.07, 6.45) is 4.95. The van der Waals surface area contributed by atoms with Crippen LogP contribution in [0, 0.1) is 5.41 Å². The van der Waals surface area contributed by atoms with Crippen LogP contribution in [0.2, 0.25) is 0 Å². The smallest absolute Gasteiger partial charge is 0.118 e. The van der Waals surface area contributed by atoms with E-state index in [9.17, 15) is 0 Å². The van der Waals surface area contributed by atoms with Crippen LogP contribution in [0.3, 0.4) is 0 Å². The molecule has 1 saturated carbocycles. The zero-order valence-electron chi connectivity index (χ0n) is 12.9. The Morgan fingerprint density at radius 1 is 1.20 bits per heavy atom. The third-order valence-corrected chi connectivity index (χ3v) is 4.44. The molecule has 0 aromatic heterocycles. The number of methoxy groups -OCH3 is 2. The monoisotopic (exact) mass is 277 g/mol. The molecule has 0 amide bonds. The van der Waals surface area contributed by atoms with Crippen LogP contribution in [0.15, 0.2) is 24.3 Å². The fourth-order valence-electron chi connectivity index (χ4n) is 2.68. The predicted molar refractivity (Wildman–Crippen MR) is 82.2 cm³/mol. The van der Waals surface area contributed by atoms with Crippen molar-refractivity contribution in [3.63, 3.8) is 0 Å². The maximum Gasteiger partial charge on any atom is 0.118 e. The van der Waals surface area contributed by atoms with Crippen LogP contribution in [0.5, 0.6) is 5.75 Å². The highest BCUT2D eigenvalue weighted by Gasteiger charge is 2.41. The molecule has 3 nitrogen and oxygen atoms in total. The Morgan fingerprint density at radius 3 is 2.40 bits per heavy atom. The molecule has 20 heavy (non-hydrogen) atoms. The average molecular weight is 277 g/mol. The molecule has 0 aliphatic heterocycles. The summed E-state index contributed by atoms with van der Waals surface area (Å²) >= 11 is 0. The van der Waals surface area contributed by atoms with Gasteiger partial charge in [-0.3, -0.25) is 0 Å². The van der Waals surface area contributed by atoms with E-state index in [2.05, 4.69) is 24.4 Å². The predicted octanol–water partition coefficient (Wildman–Crippen LogP) is 3.55. The van der Waals surface area contributed by atoms with Gasteiger partial charge in [0.05, 0.1) is 7.11 Å². The Kier molecular flexibility index (Phi) is 5.44. The van der Waals surface area contributed by atoms with Crippen molar-refractivity contribution in [2.24, 2.45) is 5.41 Å². The van der Waals surface area contributed by atoms with Crippen LogP contribution < -0.4 is 10.1 Å². The largest absolute Gasteiger partial charge is 0.497 e. The second-order valence-corrected chi connectivity index (χ2v) is 5.86. The zero-order chi connectivity index (χ0) is 14.4. The Labute approximate surface area is 122 Å². The summed E-state index contributed by atoms with van der Waals surface area (Å²) in [5.74, 6) is 0.919. The van der Waals surface area contributed by atoms with Crippen molar-refractivity contribution < 1.29 is 9.47 Å². The van der Waals surface area contributed by atoms with Crippen molar-refractivity contribution >= 4 is 0 Å². The first-order chi connectivity index (χ1) is 9.73. The van der Waals surface area contributed by atoms with Gasteiger partial charge in [0, 0.05) is 26.3 Å². The van der Waals surface area contributed by atoms with Crippen molar-refractivity contribution in [2.45, 2.75) is 38.6 Å². The van der Waals surface area contributed by atoms with Crippen LogP contribution in [-0.4, -0.2) is 27.4 Å². The van der Waals surface area contributed by atoms with Crippen LogP contribution in [0.25, 0.3) is 0 Å². The van der Waals surface area contributed by atoms with Crippen molar-refractivity contribution in [2.75, 3.05) is 27.4 Å². The van der Waals surface area contributed by atoms with Gasteiger partial charge < -0.3 is 14.8 Å². The van der Waals surface area contributed by atoms with Gasteiger partial charge in [0.2, 0.25) is 0 Å². The SMILES string of the molecule is CCC(NCC1(CCOC)CC1)c1ccc(OC)cc1. The fraction of sp³-hybridized carbons (Fsp3) is 0.647. The summed E-state index contributed by atoms with van der Waals surface area (Å²) in [7, 11) is 3.49. The number of ether oxygens (including phenoxy) is 2. The molecule has 0 saturated heterocycles. The summed E-state index contributed by atoms with van der Waals surface area (Å²) in [6.45, 7) is 4.21. The summed E-state index contributed by atoms with van der Waals surface area (Å²) in [6, 6.07) is 8.83. The second kappa shape index (κ2) is 7.09. The standard InChI is InChI=1S/C17H27NO2/c1-4-16(14-5-7-15(20-3)8-6-14)18-13-17(9-10-17)11-12-19-2/h5-8,16,18H,4,9-13H2,1-3H3. The Morgan fingerprint density at radius 2 is 1.90 bits per heavy atom. The van der Waals surface area contributed by atoms with E-state index < -0.39 is 0 Å². The van der Waals surface area contributed by atoms with Gasteiger partial charge in [-0.15, -0.1) is 0 Å². The minimum atomic E-state index is 0.431. The van der Waals surface area contributed by atoms with Gasteiger partial charge >= 0.3 is 0 Å². The van der Waals surface area contributed by atoms with Crippen molar-refractivity contribution in [3.8, 4) is 5.75 Å². The summed E-state index contributed by atoms with van der Waals surface area (Å²) in [5.41, 5.74) is 1.84. The number of hydrogen-bond acceptors (Lipinski definition) is 3. The van der Waals surface area contributed by atoms with Gasteiger partial charge in [0.25, 0.3) is 0 Å². The lowest BCUT2D eigenvalue weighted by atomic mass is 10.00. The lowest BCUT2D eigenvalue weighted by Gasteiger charge is -2.22.